The molecule has 0 aliphatic rings. The summed E-state index contributed by atoms with van der Waals surface area (Å²) < 4.78 is 6.29. The number of hydrogen-bond acceptors (Lipinski definition) is 4. The number of ether oxygens (including phenoxy) is 1. The van der Waals surface area contributed by atoms with Crippen molar-refractivity contribution in [2.75, 3.05) is 12.8 Å². The number of aryl methyl sites for hydroxylation is 1. The molecule has 0 unspecified atom stereocenters. The number of hydrogen-bond donors (Lipinski definition) is 1. The molecule has 5 heteroatoms. The van der Waals surface area contributed by atoms with Gasteiger partial charge in [0.05, 0.1) is 24.1 Å². The average molecular weight is 245 g/mol. The van der Waals surface area contributed by atoms with Crippen LogP contribution in [0.5, 0.6) is 0 Å². The predicted octanol–water partition coefficient (Wildman–Crippen LogP) is 1.80. The topological polar surface area (TPSA) is 70.1 Å². The second kappa shape index (κ2) is 4.91. The van der Waals surface area contributed by atoms with Crippen molar-refractivity contribution in [2.45, 2.75) is 13.3 Å². The van der Waals surface area contributed by atoms with E-state index in [1.807, 2.05) is 13.0 Å². The first-order valence-corrected chi connectivity index (χ1v) is 5.69. The molecule has 94 valence electrons. The Morgan fingerprint density at radius 3 is 2.56 bits per heavy atom. The lowest BCUT2D eigenvalue weighted by atomic mass is 10.2. The van der Waals surface area contributed by atoms with Crippen molar-refractivity contribution in [3.63, 3.8) is 0 Å². The number of methoxy groups -OCH3 is 1. The van der Waals surface area contributed by atoms with E-state index in [4.69, 9.17) is 5.73 Å². The minimum Gasteiger partial charge on any atom is -0.465 e. The van der Waals surface area contributed by atoms with Gasteiger partial charge in [-0.3, -0.25) is 0 Å². The highest BCUT2D eigenvalue weighted by Gasteiger charge is 2.08. The first kappa shape index (κ1) is 12.2. The van der Waals surface area contributed by atoms with Gasteiger partial charge in [0.25, 0.3) is 0 Å². The molecule has 0 bridgehead atoms. The smallest absolute Gasteiger partial charge is 0.337 e. The molecule has 1 heterocycles. The van der Waals surface area contributed by atoms with Crippen molar-refractivity contribution in [3.8, 4) is 5.69 Å². The van der Waals surface area contributed by atoms with Crippen LogP contribution in [0.1, 0.15) is 23.0 Å². The Hall–Kier alpha value is -2.30. The van der Waals surface area contributed by atoms with Crippen LogP contribution >= 0.6 is 0 Å². The van der Waals surface area contributed by atoms with Gasteiger partial charge >= 0.3 is 5.97 Å². The number of aromatic nitrogens is 2. The standard InChI is InChI=1S/C13H15N3O2/c1-3-10-8-12(14)16(15-10)11-6-4-9(5-7-11)13(17)18-2/h4-8H,3,14H2,1-2H3. The van der Waals surface area contributed by atoms with Crippen molar-refractivity contribution < 1.29 is 9.53 Å². The van der Waals surface area contributed by atoms with E-state index in [9.17, 15) is 4.79 Å². The number of benzene rings is 1. The Morgan fingerprint density at radius 1 is 1.39 bits per heavy atom. The highest BCUT2D eigenvalue weighted by atomic mass is 16.5. The highest BCUT2D eigenvalue weighted by Crippen LogP contribution is 2.15. The van der Waals surface area contributed by atoms with Crippen LogP contribution in [0.3, 0.4) is 0 Å². The molecule has 0 saturated carbocycles. The lowest BCUT2D eigenvalue weighted by molar-refractivity contribution is 0.0601. The van der Waals surface area contributed by atoms with E-state index in [1.54, 1.807) is 28.9 Å². The van der Waals surface area contributed by atoms with Crippen LogP contribution in [0, 0.1) is 0 Å². The minimum absolute atomic E-state index is 0.357. The summed E-state index contributed by atoms with van der Waals surface area (Å²) in [5, 5.41) is 4.37. The van der Waals surface area contributed by atoms with Gasteiger partial charge in [0, 0.05) is 6.07 Å². The molecule has 2 N–H and O–H groups in total. The van der Waals surface area contributed by atoms with Crippen molar-refractivity contribution in [1.82, 2.24) is 9.78 Å². The van der Waals surface area contributed by atoms with Gasteiger partial charge in [-0.1, -0.05) is 6.92 Å². The largest absolute Gasteiger partial charge is 0.465 e. The molecule has 1 aromatic heterocycles. The fraction of sp³-hybridized carbons (Fsp3) is 0.231. The number of esters is 1. The van der Waals surface area contributed by atoms with Gasteiger partial charge in [-0.05, 0) is 30.7 Å². The van der Waals surface area contributed by atoms with E-state index < -0.39 is 0 Å². The average Bonchev–Trinajstić information content (AvgIpc) is 2.79. The SMILES string of the molecule is CCc1cc(N)n(-c2ccc(C(=O)OC)cc2)n1. The van der Waals surface area contributed by atoms with Gasteiger partial charge in [-0.2, -0.15) is 5.10 Å². The van der Waals surface area contributed by atoms with Crippen molar-refractivity contribution in [3.05, 3.63) is 41.6 Å². The minimum atomic E-state index is -0.357. The van der Waals surface area contributed by atoms with Gasteiger partial charge in [0.1, 0.15) is 5.82 Å². The number of carbonyl (C=O) groups excluding carboxylic acids is 1. The van der Waals surface area contributed by atoms with Crippen LogP contribution in [-0.4, -0.2) is 22.9 Å². The van der Waals surface area contributed by atoms with Crippen LogP contribution < -0.4 is 5.73 Å². The van der Waals surface area contributed by atoms with Crippen molar-refractivity contribution in [2.24, 2.45) is 0 Å². The maximum absolute atomic E-state index is 11.3. The van der Waals surface area contributed by atoms with E-state index in [-0.39, 0.29) is 5.97 Å². The molecule has 2 aromatic rings. The lowest BCUT2D eigenvalue weighted by Crippen LogP contribution is -2.04. The van der Waals surface area contributed by atoms with Crippen molar-refractivity contribution in [1.29, 1.82) is 0 Å². The van der Waals surface area contributed by atoms with E-state index in [2.05, 4.69) is 9.84 Å². The number of nitrogen functional groups attached to an aromatic ring is 1. The Kier molecular flexibility index (Phi) is 3.32. The number of anilines is 1. The Labute approximate surface area is 105 Å². The Morgan fingerprint density at radius 2 is 2.06 bits per heavy atom. The summed E-state index contributed by atoms with van der Waals surface area (Å²) in [6.45, 7) is 2.02. The second-order valence-corrected chi connectivity index (χ2v) is 3.86. The van der Waals surface area contributed by atoms with Gasteiger partial charge in [0.2, 0.25) is 0 Å². The molecule has 1 aromatic carbocycles. The molecule has 0 spiro atoms. The zero-order valence-corrected chi connectivity index (χ0v) is 10.4. The molecule has 0 aliphatic heterocycles. The van der Waals surface area contributed by atoms with Crippen molar-refractivity contribution >= 4 is 11.8 Å². The summed E-state index contributed by atoms with van der Waals surface area (Å²) >= 11 is 0. The van der Waals surface area contributed by atoms with Crippen LogP contribution in [0.25, 0.3) is 5.69 Å². The van der Waals surface area contributed by atoms with E-state index in [1.165, 1.54) is 7.11 Å². The third-order valence-electron chi connectivity index (χ3n) is 2.68. The lowest BCUT2D eigenvalue weighted by Gasteiger charge is -2.05. The van der Waals surface area contributed by atoms with Crippen LogP contribution in [-0.2, 0) is 11.2 Å². The highest BCUT2D eigenvalue weighted by molar-refractivity contribution is 5.89. The molecule has 0 amide bonds. The maximum atomic E-state index is 11.3. The zero-order chi connectivity index (χ0) is 13.1. The van der Waals surface area contributed by atoms with Gasteiger partial charge in [0.15, 0.2) is 0 Å². The molecule has 2 rings (SSSR count). The summed E-state index contributed by atoms with van der Waals surface area (Å²) in [6.07, 6.45) is 0.831. The molecule has 0 fully saturated rings. The summed E-state index contributed by atoms with van der Waals surface area (Å²) in [6, 6.07) is 8.79. The molecule has 0 aliphatic carbocycles. The molecular weight excluding hydrogens is 230 g/mol. The summed E-state index contributed by atoms with van der Waals surface area (Å²) in [5.74, 6) is 0.224. The number of carbonyl (C=O) groups is 1. The summed E-state index contributed by atoms with van der Waals surface area (Å²) in [7, 11) is 1.36. The number of nitrogens with two attached hydrogens (primary N) is 1. The van der Waals surface area contributed by atoms with Crippen LogP contribution in [0.2, 0.25) is 0 Å². The monoisotopic (exact) mass is 245 g/mol. The fourth-order valence-electron chi connectivity index (χ4n) is 1.68. The van der Waals surface area contributed by atoms with Gasteiger partial charge in [-0.15, -0.1) is 0 Å². The van der Waals surface area contributed by atoms with Gasteiger partial charge < -0.3 is 10.5 Å². The van der Waals surface area contributed by atoms with Gasteiger partial charge in [-0.25, -0.2) is 9.48 Å². The number of rotatable bonds is 3. The predicted molar refractivity (Wildman–Crippen MR) is 68.7 cm³/mol. The van der Waals surface area contributed by atoms with Crippen LogP contribution in [0.15, 0.2) is 30.3 Å². The van der Waals surface area contributed by atoms with E-state index in [0.29, 0.717) is 11.4 Å². The summed E-state index contributed by atoms with van der Waals surface area (Å²) in [5.41, 5.74) is 8.14. The molecule has 5 nitrogen and oxygen atoms in total. The Bertz CT molecular complexity index is 558. The number of nitrogens with zero attached hydrogens (tertiary/aromatic N) is 2. The molecule has 0 atom stereocenters. The first-order valence-electron chi connectivity index (χ1n) is 5.69. The van der Waals surface area contributed by atoms with E-state index >= 15 is 0 Å². The normalized spacial score (nSPS) is 10.3. The second-order valence-electron chi connectivity index (χ2n) is 3.86. The molecule has 0 saturated heterocycles. The fourth-order valence-corrected chi connectivity index (χ4v) is 1.68. The van der Waals surface area contributed by atoms with E-state index in [0.717, 1.165) is 17.8 Å². The third kappa shape index (κ3) is 2.20. The zero-order valence-electron chi connectivity index (χ0n) is 10.4. The first-order chi connectivity index (χ1) is 8.65. The summed E-state index contributed by atoms with van der Waals surface area (Å²) in [4.78, 5) is 11.3. The molecule has 0 radical (unpaired) electrons. The third-order valence-corrected chi connectivity index (χ3v) is 2.68. The van der Waals surface area contributed by atoms with Crippen LogP contribution in [0.4, 0.5) is 5.82 Å². The maximum Gasteiger partial charge on any atom is 0.337 e. The molecular formula is C13H15N3O2. The molecule has 18 heavy (non-hydrogen) atoms. The quantitative estimate of drug-likeness (QED) is 0.837. The Balaban J connectivity index is 2.34.